The fourth-order valence-corrected chi connectivity index (χ4v) is 1.68. The first-order valence-corrected chi connectivity index (χ1v) is 4.85. The van der Waals surface area contributed by atoms with Crippen molar-refractivity contribution in [2.24, 2.45) is 0 Å². The largest absolute Gasteiger partial charge is 0.458 e. The van der Waals surface area contributed by atoms with Gasteiger partial charge >= 0.3 is 5.97 Å². The third-order valence-electron chi connectivity index (χ3n) is 2.54. The van der Waals surface area contributed by atoms with Crippen LogP contribution in [-0.2, 0) is 4.74 Å². The second-order valence-corrected chi connectivity index (χ2v) is 3.85. The number of rotatable bonds is 0. The molecule has 2 atom stereocenters. The molecule has 0 saturated heterocycles. The molecule has 1 aliphatic heterocycles. The van der Waals surface area contributed by atoms with Gasteiger partial charge < -0.3 is 4.74 Å². The molecule has 1 aliphatic rings. The lowest BCUT2D eigenvalue weighted by molar-refractivity contribution is 0.0235. The molecule has 74 valence electrons. The van der Waals surface area contributed by atoms with Crippen molar-refractivity contribution in [2.75, 3.05) is 0 Å². The van der Waals surface area contributed by atoms with Gasteiger partial charge in [-0.25, -0.2) is 9.78 Å². The third-order valence-corrected chi connectivity index (χ3v) is 2.75. The summed E-state index contributed by atoms with van der Waals surface area (Å²) in [7, 11) is 0. The Balaban J connectivity index is 2.56. The lowest BCUT2D eigenvalue weighted by atomic mass is 9.94. The van der Waals surface area contributed by atoms with Crippen LogP contribution < -0.4 is 0 Å². The molecule has 14 heavy (non-hydrogen) atoms. The van der Waals surface area contributed by atoms with Crippen LogP contribution in [0.25, 0.3) is 0 Å². The van der Waals surface area contributed by atoms with Gasteiger partial charge in [-0.05, 0) is 19.1 Å². The number of nitrogens with zero attached hydrogens (tertiary/aromatic N) is 1. The number of fused-ring (bicyclic) bond motifs is 1. The highest BCUT2D eigenvalue weighted by Gasteiger charge is 2.31. The molecular weight excluding hydrogens is 202 g/mol. The summed E-state index contributed by atoms with van der Waals surface area (Å²) in [6.45, 7) is 3.83. The van der Waals surface area contributed by atoms with Crippen LogP contribution in [0.15, 0.2) is 12.1 Å². The Morgan fingerprint density at radius 3 is 2.86 bits per heavy atom. The Bertz CT molecular complexity index is 392. The first kappa shape index (κ1) is 9.46. The Morgan fingerprint density at radius 1 is 1.43 bits per heavy atom. The molecule has 0 aliphatic carbocycles. The smallest absolute Gasteiger partial charge is 0.340 e. The number of hydrogen-bond donors (Lipinski definition) is 0. The molecule has 4 heteroatoms. The number of cyclic esters (lactones) is 1. The van der Waals surface area contributed by atoms with E-state index in [4.69, 9.17) is 16.3 Å². The number of carbonyl (C=O) groups excluding carboxylic acids is 1. The number of aromatic nitrogens is 1. The van der Waals surface area contributed by atoms with Gasteiger partial charge in [-0.1, -0.05) is 18.5 Å². The first-order valence-electron chi connectivity index (χ1n) is 4.47. The van der Waals surface area contributed by atoms with Gasteiger partial charge in [0.25, 0.3) is 0 Å². The molecule has 0 fully saturated rings. The predicted molar refractivity (Wildman–Crippen MR) is 52.5 cm³/mol. The summed E-state index contributed by atoms with van der Waals surface area (Å²) in [6.07, 6.45) is -0.138. The maximum absolute atomic E-state index is 11.4. The summed E-state index contributed by atoms with van der Waals surface area (Å²) in [5.41, 5.74) is 1.27. The van der Waals surface area contributed by atoms with E-state index in [1.165, 1.54) is 0 Å². The molecule has 0 N–H and O–H groups in total. The zero-order valence-corrected chi connectivity index (χ0v) is 8.71. The number of esters is 1. The minimum atomic E-state index is -0.310. The van der Waals surface area contributed by atoms with Crippen molar-refractivity contribution in [3.63, 3.8) is 0 Å². The van der Waals surface area contributed by atoms with Crippen molar-refractivity contribution >= 4 is 17.6 Å². The summed E-state index contributed by atoms with van der Waals surface area (Å²) in [5, 5.41) is 0.414. The van der Waals surface area contributed by atoms with Crippen LogP contribution >= 0.6 is 11.6 Å². The van der Waals surface area contributed by atoms with Crippen LogP contribution in [0.3, 0.4) is 0 Å². The molecule has 2 rings (SSSR count). The van der Waals surface area contributed by atoms with Crippen molar-refractivity contribution in [3.8, 4) is 0 Å². The molecule has 3 nitrogen and oxygen atoms in total. The van der Waals surface area contributed by atoms with Crippen molar-refractivity contribution in [2.45, 2.75) is 25.9 Å². The van der Waals surface area contributed by atoms with E-state index in [0.29, 0.717) is 10.7 Å². The van der Waals surface area contributed by atoms with E-state index in [1.54, 1.807) is 12.1 Å². The van der Waals surface area contributed by atoms with Crippen molar-refractivity contribution < 1.29 is 9.53 Å². The van der Waals surface area contributed by atoms with Gasteiger partial charge in [0.2, 0.25) is 0 Å². The number of ether oxygens (including phenoxy) is 1. The summed E-state index contributed by atoms with van der Waals surface area (Å²) < 4.78 is 5.14. The summed E-state index contributed by atoms with van der Waals surface area (Å²) in [6, 6.07) is 3.26. The summed E-state index contributed by atoms with van der Waals surface area (Å²) >= 11 is 5.77. The maximum Gasteiger partial charge on any atom is 0.340 e. The SMILES string of the molecule is CC1OC(=O)c2ccc(Cl)nc2[C@H]1C. The molecule has 0 aromatic carbocycles. The van der Waals surface area contributed by atoms with Crippen molar-refractivity contribution in [1.29, 1.82) is 0 Å². The predicted octanol–water partition coefficient (Wildman–Crippen LogP) is 2.40. The van der Waals surface area contributed by atoms with Gasteiger partial charge in [0.05, 0.1) is 11.3 Å². The molecule has 1 aromatic heterocycles. The molecule has 0 bridgehead atoms. The average molecular weight is 212 g/mol. The average Bonchev–Trinajstić information content (AvgIpc) is 2.14. The highest BCUT2D eigenvalue weighted by atomic mass is 35.5. The second-order valence-electron chi connectivity index (χ2n) is 3.47. The minimum Gasteiger partial charge on any atom is -0.458 e. The van der Waals surface area contributed by atoms with Crippen molar-refractivity contribution in [1.82, 2.24) is 4.98 Å². The van der Waals surface area contributed by atoms with E-state index in [9.17, 15) is 4.79 Å². The van der Waals surface area contributed by atoms with Gasteiger partial charge in [-0.15, -0.1) is 0 Å². The van der Waals surface area contributed by atoms with Crippen LogP contribution in [0, 0.1) is 0 Å². The summed E-state index contributed by atoms with van der Waals surface area (Å²) in [4.78, 5) is 15.6. The Hall–Kier alpha value is -1.09. The monoisotopic (exact) mass is 211 g/mol. The van der Waals surface area contributed by atoms with Gasteiger partial charge in [-0.3, -0.25) is 0 Å². The van der Waals surface area contributed by atoms with Crippen LogP contribution in [0.4, 0.5) is 0 Å². The minimum absolute atomic E-state index is 0.0985. The topological polar surface area (TPSA) is 39.2 Å². The van der Waals surface area contributed by atoms with Gasteiger partial charge in [0.1, 0.15) is 11.3 Å². The normalized spacial score (nSPS) is 25.5. The van der Waals surface area contributed by atoms with Gasteiger partial charge in [0.15, 0.2) is 0 Å². The molecule has 0 amide bonds. The third kappa shape index (κ3) is 1.38. The highest BCUT2D eigenvalue weighted by molar-refractivity contribution is 6.29. The quantitative estimate of drug-likeness (QED) is 0.489. The highest BCUT2D eigenvalue weighted by Crippen LogP contribution is 2.30. The van der Waals surface area contributed by atoms with E-state index in [0.717, 1.165) is 5.69 Å². The maximum atomic E-state index is 11.4. The van der Waals surface area contributed by atoms with Crippen LogP contribution in [0.1, 0.15) is 35.8 Å². The molecule has 0 spiro atoms. The Kier molecular flexibility index (Phi) is 2.19. The Morgan fingerprint density at radius 2 is 2.14 bits per heavy atom. The molecule has 1 unspecified atom stereocenters. The molecule has 1 aromatic rings. The molecular formula is C10H10ClNO2. The fourth-order valence-electron chi connectivity index (χ4n) is 1.53. The lowest BCUT2D eigenvalue weighted by Gasteiger charge is -2.26. The van der Waals surface area contributed by atoms with E-state index in [-0.39, 0.29) is 18.0 Å². The number of carbonyl (C=O) groups is 1. The van der Waals surface area contributed by atoms with Crippen LogP contribution in [0.2, 0.25) is 5.15 Å². The standard InChI is InChI=1S/C10H10ClNO2/c1-5-6(2)14-10(13)7-3-4-8(11)12-9(5)7/h3-6H,1-2H3/t5-,6?/m0/s1. The fraction of sp³-hybridized carbons (Fsp3) is 0.400. The molecule has 2 heterocycles. The van der Waals surface area contributed by atoms with E-state index in [1.807, 2.05) is 13.8 Å². The summed E-state index contributed by atoms with van der Waals surface area (Å²) in [5.74, 6) is -0.212. The number of halogens is 1. The van der Waals surface area contributed by atoms with E-state index in [2.05, 4.69) is 4.98 Å². The van der Waals surface area contributed by atoms with Crippen LogP contribution in [-0.4, -0.2) is 17.1 Å². The Labute approximate surface area is 87.0 Å². The first-order chi connectivity index (χ1) is 6.59. The van der Waals surface area contributed by atoms with E-state index >= 15 is 0 Å². The van der Waals surface area contributed by atoms with Gasteiger partial charge in [-0.2, -0.15) is 0 Å². The number of pyridine rings is 1. The number of hydrogen-bond acceptors (Lipinski definition) is 3. The second kappa shape index (κ2) is 3.24. The molecule has 0 saturated carbocycles. The zero-order valence-electron chi connectivity index (χ0n) is 7.95. The van der Waals surface area contributed by atoms with Gasteiger partial charge in [0, 0.05) is 5.92 Å². The van der Waals surface area contributed by atoms with Crippen LogP contribution in [0.5, 0.6) is 0 Å². The lowest BCUT2D eigenvalue weighted by Crippen LogP contribution is -2.29. The van der Waals surface area contributed by atoms with Crippen molar-refractivity contribution in [3.05, 3.63) is 28.5 Å². The molecule has 0 radical (unpaired) electrons. The van der Waals surface area contributed by atoms with E-state index < -0.39 is 0 Å². The zero-order chi connectivity index (χ0) is 10.3.